The molecule has 14 heteroatoms. The van der Waals surface area contributed by atoms with Crippen molar-refractivity contribution in [2.24, 2.45) is 9.98 Å². The van der Waals surface area contributed by atoms with Crippen LogP contribution in [0.2, 0.25) is 0 Å². The van der Waals surface area contributed by atoms with Crippen LogP contribution >= 0.6 is 22.7 Å². The van der Waals surface area contributed by atoms with E-state index in [0.717, 1.165) is 20.9 Å². The fraction of sp³-hybridized carbons (Fsp3) is 0.143. The molecule has 2 aliphatic heterocycles. The number of hydrogen-bond acceptors (Lipinski definition) is 12. The summed E-state index contributed by atoms with van der Waals surface area (Å²) in [6, 6.07) is 23.3. The highest BCUT2D eigenvalue weighted by Crippen LogP contribution is 2.61. The Morgan fingerprint density at radius 3 is 1.37 bits per heavy atom. The van der Waals surface area contributed by atoms with Crippen molar-refractivity contribution in [2.45, 2.75) is 41.9 Å². The van der Waals surface area contributed by atoms with Gasteiger partial charge in [-0.2, -0.15) is 21.0 Å². The smallest absolute Gasteiger partial charge is 0.225 e. The van der Waals surface area contributed by atoms with E-state index in [2.05, 4.69) is 9.98 Å². The lowest BCUT2D eigenvalue weighted by atomic mass is 9.75. The third-order valence-electron chi connectivity index (χ3n) is 9.08. The molecule has 0 saturated heterocycles. The molecule has 10 nitrogen and oxygen atoms in total. The molecule has 0 amide bonds. The van der Waals surface area contributed by atoms with Crippen molar-refractivity contribution in [3.05, 3.63) is 94.1 Å². The highest BCUT2D eigenvalue weighted by molar-refractivity contribution is 8.08. The van der Waals surface area contributed by atoms with Gasteiger partial charge in [-0.3, -0.25) is 0 Å². The zero-order chi connectivity index (χ0) is 34.9. The summed E-state index contributed by atoms with van der Waals surface area (Å²) in [5.41, 5.74) is 1.09. The molecule has 0 saturated carbocycles. The number of nitrogens with zero attached hydrogens (tertiary/aromatic N) is 6. The van der Waals surface area contributed by atoms with Crippen LogP contribution in [0.15, 0.2) is 91.6 Å². The predicted molar refractivity (Wildman–Crippen MR) is 187 cm³/mol. The van der Waals surface area contributed by atoms with E-state index in [1.54, 1.807) is 36.4 Å². The molecule has 0 fully saturated rings. The maximum Gasteiger partial charge on any atom is 0.225 e. The number of nitriles is 4. The Balaban J connectivity index is 1.42. The Labute approximate surface area is 290 Å². The van der Waals surface area contributed by atoms with E-state index in [1.165, 1.54) is 34.8 Å². The minimum absolute atomic E-state index is 0.0232. The SMILES string of the molecule is CCC1(CC)c2cc(/N=C3/C(=C(C#N)C#N)c4ccccc4S3(=O)=O)sc2-c2sc(/N=C3/C(=C(C#N)C#N)c4ccccc4S3(=O)=O)cc21. The lowest BCUT2D eigenvalue weighted by Crippen LogP contribution is -2.22. The number of benzene rings is 2. The Hall–Kier alpha value is -5.48. The van der Waals surface area contributed by atoms with E-state index in [4.69, 9.17) is 0 Å². The first-order valence-electron chi connectivity index (χ1n) is 14.8. The Kier molecular flexibility index (Phi) is 7.40. The van der Waals surface area contributed by atoms with Crippen molar-refractivity contribution in [2.75, 3.05) is 0 Å². The summed E-state index contributed by atoms with van der Waals surface area (Å²) in [4.78, 5) is 10.8. The molecule has 0 bridgehead atoms. The number of rotatable bonds is 4. The number of allylic oxidation sites excluding steroid dienone is 2. The number of hydrogen-bond donors (Lipinski definition) is 0. The number of thiophene rings is 2. The molecule has 1 aliphatic carbocycles. The summed E-state index contributed by atoms with van der Waals surface area (Å²) in [5.74, 6) is 0. The average molecular weight is 717 g/mol. The van der Waals surface area contributed by atoms with E-state index in [-0.39, 0.29) is 53.3 Å². The third kappa shape index (κ3) is 4.36. The number of aliphatic imine (C=N–C) groups is 2. The van der Waals surface area contributed by atoms with Crippen molar-refractivity contribution in [3.8, 4) is 34.0 Å². The first kappa shape index (κ1) is 32.1. The van der Waals surface area contributed by atoms with E-state index in [1.807, 2.05) is 50.3 Å². The molecule has 7 rings (SSSR count). The molecule has 0 N–H and O–H groups in total. The lowest BCUT2D eigenvalue weighted by molar-refractivity contribution is 0.492. The van der Waals surface area contributed by atoms with Gasteiger partial charge in [0.25, 0.3) is 0 Å². The Morgan fingerprint density at radius 2 is 1.02 bits per heavy atom. The second kappa shape index (κ2) is 11.3. The van der Waals surface area contributed by atoms with Crippen LogP contribution in [-0.2, 0) is 25.1 Å². The van der Waals surface area contributed by atoms with Gasteiger partial charge >= 0.3 is 0 Å². The largest absolute Gasteiger partial charge is 0.225 e. The van der Waals surface area contributed by atoms with Gasteiger partial charge in [0, 0.05) is 27.7 Å². The van der Waals surface area contributed by atoms with Gasteiger partial charge in [0.05, 0.1) is 19.5 Å². The maximum absolute atomic E-state index is 13.7. The van der Waals surface area contributed by atoms with Gasteiger partial charge in [0.1, 0.15) is 45.4 Å². The molecule has 49 heavy (non-hydrogen) atoms. The summed E-state index contributed by atoms with van der Waals surface area (Å²) < 4.78 is 54.7. The molecule has 3 aliphatic rings. The summed E-state index contributed by atoms with van der Waals surface area (Å²) in [6.45, 7) is 4.07. The first-order chi connectivity index (χ1) is 23.5. The van der Waals surface area contributed by atoms with Gasteiger partial charge in [-0.25, -0.2) is 26.8 Å². The van der Waals surface area contributed by atoms with Crippen molar-refractivity contribution in [3.63, 3.8) is 0 Å². The van der Waals surface area contributed by atoms with E-state index in [9.17, 15) is 37.9 Å². The van der Waals surface area contributed by atoms with E-state index in [0.29, 0.717) is 22.8 Å². The van der Waals surface area contributed by atoms with E-state index >= 15 is 0 Å². The average Bonchev–Trinajstić information content (AvgIpc) is 3.86. The fourth-order valence-corrected chi connectivity index (χ4v) is 12.6. The summed E-state index contributed by atoms with van der Waals surface area (Å²) in [5, 5.41) is 38.8. The van der Waals surface area contributed by atoms with Gasteiger partial charge in [-0.15, -0.1) is 22.7 Å². The minimum atomic E-state index is -4.14. The zero-order valence-corrected chi connectivity index (χ0v) is 28.9. The standard InChI is InChI=1S/C35H20N6O4S4/c1-3-35(4-2)23-13-27(40-33-29(19(15-36)16-37)21-9-5-7-11-25(21)48(33,42)43)46-31(23)32-24(35)14-28(47-32)41-34-30(20(17-38)18-39)22-10-6-8-12-26(22)49(34,44)45/h5-14H,3-4H2,1-2H3/b40-33-,41-34-. The molecule has 0 radical (unpaired) electrons. The van der Waals surface area contributed by atoms with Crippen LogP contribution in [0.1, 0.15) is 48.9 Å². The molecule has 4 aromatic rings. The van der Waals surface area contributed by atoms with Crippen molar-refractivity contribution in [1.82, 2.24) is 0 Å². The van der Waals surface area contributed by atoms with Crippen LogP contribution in [0, 0.1) is 45.3 Å². The third-order valence-corrected chi connectivity index (χ3v) is 14.8. The molecule has 0 atom stereocenters. The predicted octanol–water partition coefficient (Wildman–Crippen LogP) is 7.53. The van der Waals surface area contributed by atoms with Crippen molar-refractivity contribution in [1.29, 1.82) is 21.0 Å². The van der Waals surface area contributed by atoms with Crippen LogP contribution in [0.5, 0.6) is 0 Å². The second-order valence-corrected chi connectivity index (χ2v) is 17.0. The quantitative estimate of drug-likeness (QED) is 0.194. The molecule has 4 heterocycles. The van der Waals surface area contributed by atoms with Gasteiger partial charge in [0.15, 0.2) is 10.1 Å². The first-order valence-corrected chi connectivity index (χ1v) is 19.4. The highest BCUT2D eigenvalue weighted by atomic mass is 32.2. The number of fused-ring (bicyclic) bond motifs is 5. The Morgan fingerprint density at radius 1 is 0.653 bits per heavy atom. The van der Waals surface area contributed by atoms with Gasteiger partial charge in [0.2, 0.25) is 19.7 Å². The van der Waals surface area contributed by atoms with Crippen LogP contribution in [0.25, 0.3) is 20.9 Å². The molecule has 2 aromatic heterocycles. The van der Waals surface area contributed by atoms with E-state index < -0.39 is 25.1 Å². The lowest BCUT2D eigenvalue weighted by Gasteiger charge is -2.27. The molecular formula is C35H20N6O4S4. The number of sulfone groups is 2. The maximum atomic E-state index is 13.7. The zero-order valence-electron chi connectivity index (χ0n) is 25.6. The van der Waals surface area contributed by atoms with Crippen LogP contribution < -0.4 is 0 Å². The minimum Gasteiger partial charge on any atom is -0.225 e. The molecule has 0 unspecified atom stereocenters. The summed E-state index contributed by atoms with van der Waals surface area (Å²) in [6.07, 6.45) is 1.32. The highest BCUT2D eigenvalue weighted by Gasteiger charge is 2.46. The van der Waals surface area contributed by atoms with Crippen molar-refractivity contribution < 1.29 is 16.8 Å². The summed E-state index contributed by atoms with van der Waals surface area (Å²) in [7, 11) is -8.27. The van der Waals surface area contributed by atoms with Crippen molar-refractivity contribution >= 4 is 73.6 Å². The topological polar surface area (TPSA) is 188 Å². The fourth-order valence-electron chi connectivity index (χ4n) is 6.78. The van der Waals surface area contributed by atoms with Crippen LogP contribution in [-0.4, -0.2) is 26.9 Å². The molecule has 2 aromatic carbocycles. The molecular weight excluding hydrogens is 697 g/mol. The summed E-state index contributed by atoms with van der Waals surface area (Å²) >= 11 is 2.52. The van der Waals surface area contributed by atoms with Gasteiger partial charge < -0.3 is 0 Å². The van der Waals surface area contributed by atoms with Crippen LogP contribution in [0.4, 0.5) is 10.0 Å². The van der Waals surface area contributed by atoms with Gasteiger partial charge in [-0.05, 0) is 48.2 Å². The normalized spacial score (nSPS) is 18.5. The second-order valence-electron chi connectivity index (χ2n) is 11.2. The monoisotopic (exact) mass is 716 g/mol. The molecule has 238 valence electrons. The molecule has 0 spiro atoms. The van der Waals surface area contributed by atoms with Gasteiger partial charge in [-0.1, -0.05) is 50.2 Å². The Bertz CT molecular complexity index is 2500. The van der Waals surface area contributed by atoms with Crippen LogP contribution in [0.3, 0.4) is 0 Å².